The van der Waals surface area contributed by atoms with Crippen LogP contribution < -0.4 is 4.74 Å². The zero-order valence-electron chi connectivity index (χ0n) is 16.2. The van der Waals surface area contributed by atoms with E-state index in [0.29, 0.717) is 40.4 Å². The summed E-state index contributed by atoms with van der Waals surface area (Å²) >= 11 is 20.6. The van der Waals surface area contributed by atoms with Crippen LogP contribution in [0.5, 0.6) is 5.75 Å². The smallest absolute Gasteiger partial charge is 0.266 e. The average molecular weight is 593 g/mol. The maximum atomic E-state index is 12.7. The third-order valence-electron chi connectivity index (χ3n) is 4.18. The Balaban J connectivity index is 1.80. The van der Waals surface area contributed by atoms with Crippen molar-refractivity contribution in [3.8, 4) is 5.75 Å². The molecule has 30 heavy (non-hydrogen) atoms. The molecule has 1 aliphatic rings. The number of benzene rings is 2. The number of hydrogen-bond acceptors (Lipinski definition) is 4. The van der Waals surface area contributed by atoms with Gasteiger partial charge in [-0.3, -0.25) is 14.7 Å². The summed E-state index contributed by atoms with van der Waals surface area (Å²) in [6, 6.07) is 9.23. The van der Waals surface area contributed by atoms with E-state index in [2.05, 4.69) is 36.9 Å². The first kappa shape index (κ1) is 23.7. The highest BCUT2D eigenvalue weighted by Gasteiger charge is 2.31. The van der Waals surface area contributed by atoms with Gasteiger partial charge in [0.1, 0.15) is 12.4 Å². The first-order valence-corrected chi connectivity index (χ1v) is 12.3. The molecule has 1 aliphatic heterocycles. The number of ether oxygens (including phenoxy) is 1. The molecule has 3 rings (SSSR count). The predicted octanol–water partition coefficient (Wildman–Crippen LogP) is 7.41. The summed E-state index contributed by atoms with van der Waals surface area (Å²) in [5.74, 6) is 0.638. The fourth-order valence-corrected chi connectivity index (χ4v) is 5.65. The number of aliphatic imine (C=N–C) groups is 1. The van der Waals surface area contributed by atoms with Crippen molar-refractivity contribution in [3.63, 3.8) is 0 Å². The van der Waals surface area contributed by atoms with Crippen LogP contribution in [0, 0.1) is 0 Å². The van der Waals surface area contributed by atoms with E-state index in [1.165, 1.54) is 11.8 Å². The lowest BCUT2D eigenvalue weighted by Crippen LogP contribution is -2.28. The van der Waals surface area contributed by atoms with Gasteiger partial charge in [-0.25, -0.2) is 0 Å². The number of nitrogens with zero attached hydrogens (tertiary/aromatic N) is 2. The summed E-state index contributed by atoms with van der Waals surface area (Å²) in [5.41, 5.74) is 1.78. The van der Waals surface area contributed by atoms with Crippen LogP contribution in [0.2, 0.25) is 10.0 Å². The second-order valence-electron chi connectivity index (χ2n) is 6.27. The maximum absolute atomic E-state index is 12.7. The number of amides is 1. The van der Waals surface area contributed by atoms with Gasteiger partial charge >= 0.3 is 0 Å². The van der Waals surface area contributed by atoms with Gasteiger partial charge < -0.3 is 4.74 Å². The zero-order chi connectivity index (χ0) is 21.8. The molecule has 0 unspecified atom stereocenters. The van der Waals surface area contributed by atoms with Crippen LogP contribution in [0.1, 0.15) is 25.0 Å². The second kappa shape index (κ2) is 10.6. The first-order valence-electron chi connectivity index (χ1n) is 9.15. The monoisotopic (exact) mass is 590 g/mol. The molecular formula is C21H18Br2Cl2N2O2S. The third kappa shape index (κ3) is 5.43. The minimum absolute atomic E-state index is 0.0260. The largest absolute Gasteiger partial charge is 0.487 e. The van der Waals surface area contributed by atoms with E-state index in [0.717, 1.165) is 25.2 Å². The van der Waals surface area contributed by atoms with Gasteiger partial charge in [0, 0.05) is 13.1 Å². The Bertz CT molecular complexity index is 1020. The van der Waals surface area contributed by atoms with E-state index >= 15 is 0 Å². The van der Waals surface area contributed by atoms with Gasteiger partial charge in [-0.15, -0.1) is 0 Å². The SMILES string of the molecule is CCN=C1S/C(=C/c2cc(Br)c(OCc3ccc(Cl)c(Cl)c3)c(Br)c2)C(=O)N1CC. The van der Waals surface area contributed by atoms with E-state index in [-0.39, 0.29) is 5.91 Å². The van der Waals surface area contributed by atoms with Gasteiger partial charge in [-0.05, 0) is 98.9 Å². The number of thioether (sulfide) groups is 1. The molecule has 0 radical (unpaired) electrons. The molecule has 0 spiro atoms. The lowest BCUT2D eigenvalue weighted by Gasteiger charge is -2.12. The van der Waals surface area contributed by atoms with Gasteiger partial charge in [0.2, 0.25) is 0 Å². The number of carbonyl (C=O) groups is 1. The summed E-state index contributed by atoms with van der Waals surface area (Å²) < 4.78 is 7.51. The van der Waals surface area contributed by atoms with Crippen molar-refractivity contribution >= 4 is 84.0 Å². The number of amidine groups is 1. The Hall–Kier alpha value is -0.990. The number of hydrogen-bond donors (Lipinski definition) is 0. The molecule has 1 fully saturated rings. The molecular weight excluding hydrogens is 575 g/mol. The van der Waals surface area contributed by atoms with E-state index in [9.17, 15) is 4.79 Å². The van der Waals surface area contributed by atoms with Gasteiger partial charge in [0.25, 0.3) is 5.91 Å². The second-order valence-corrected chi connectivity index (χ2v) is 9.80. The number of carbonyl (C=O) groups excluding carboxylic acids is 1. The van der Waals surface area contributed by atoms with E-state index < -0.39 is 0 Å². The van der Waals surface area contributed by atoms with Crippen molar-refractivity contribution in [2.45, 2.75) is 20.5 Å². The summed E-state index contributed by atoms with van der Waals surface area (Å²) in [7, 11) is 0. The van der Waals surface area contributed by atoms with Gasteiger partial charge in [-0.2, -0.15) is 0 Å². The molecule has 0 saturated carbocycles. The normalized spacial score (nSPS) is 16.7. The molecule has 0 aliphatic carbocycles. The Morgan fingerprint density at radius 1 is 1.13 bits per heavy atom. The summed E-state index contributed by atoms with van der Waals surface area (Å²) in [6.45, 7) is 5.47. The van der Waals surface area contributed by atoms with Crippen molar-refractivity contribution in [2.24, 2.45) is 4.99 Å². The average Bonchev–Trinajstić information content (AvgIpc) is 2.98. The minimum Gasteiger partial charge on any atom is -0.487 e. The Labute approximate surface area is 206 Å². The highest BCUT2D eigenvalue weighted by atomic mass is 79.9. The zero-order valence-corrected chi connectivity index (χ0v) is 21.7. The third-order valence-corrected chi connectivity index (χ3v) is 7.14. The van der Waals surface area contributed by atoms with E-state index in [4.69, 9.17) is 27.9 Å². The van der Waals surface area contributed by atoms with E-state index in [1.807, 2.05) is 38.1 Å². The highest BCUT2D eigenvalue weighted by molar-refractivity contribution is 9.11. The van der Waals surface area contributed by atoms with Crippen molar-refractivity contribution in [1.82, 2.24) is 4.90 Å². The molecule has 0 atom stereocenters. The van der Waals surface area contributed by atoms with Crippen LogP contribution in [-0.4, -0.2) is 29.1 Å². The Kier molecular flexibility index (Phi) is 8.32. The van der Waals surface area contributed by atoms with Crippen molar-refractivity contribution in [2.75, 3.05) is 13.1 Å². The quantitative estimate of drug-likeness (QED) is 0.328. The summed E-state index contributed by atoms with van der Waals surface area (Å²) in [4.78, 5) is 19.4. The van der Waals surface area contributed by atoms with Crippen LogP contribution in [0.15, 0.2) is 49.2 Å². The molecule has 9 heteroatoms. The lowest BCUT2D eigenvalue weighted by atomic mass is 10.2. The van der Waals surface area contributed by atoms with Gasteiger partial charge in [0.05, 0.1) is 23.9 Å². The summed E-state index contributed by atoms with van der Waals surface area (Å²) in [5, 5.41) is 1.74. The molecule has 0 bridgehead atoms. The Morgan fingerprint density at radius 2 is 1.83 bits per heavy atom. The maximum Gasteiger partial charge on any atom is 0.266 e. The Morgan fingerprint density at radius 3 is 2.43 bits per heavy atom. The number of halogens is 4. The van der Waals surface area contributed by atoms with Crippen LogP contribution >= 0.6 is 66.8 Å². The molecule has 1 saturated heterocycles. The molecule has 0 N–H and O–H groups in total. The molecule has 4 nitrogen and oxygen atoms in total. The number of likely N-dealkylation sites (N-methyl/N-ethyl adjacent to an activating group) is 1. The topological polar surface area (TPSA) is 41.9 Å². The van der Waals surface area contributed by atoms with E-state index in [1.54, 1.807) is 17.0 Å². The highest BCUT2D eigenvalue weighted by Crippen LogP contribution is 2.38. The van der Waals surface area contributed by atoms with Crippen LogP contribution in [0.4, 0.5) is 0 Å². The van der Waals surface area contributed by atoms with Crippen LogP contribution in [0.3, 0.4) is 0 Å². The molecule has 2 aromatic carbocycles. The molecule has 2 aromatic rings. The molecule has 1 heterocycles. The van der Waals surface area contributed by atoms with Crippen molar-refractivity contribution in [1.29, 1.82) is 0 Å². The fraction of sp³-hybridized carbons (Fsp3) is 0.238. The predicted molar refractivity (Wildman–Crippen MR) is 134 cm³/mol. The number of rotatable bonds is 6. The molecule has 0 aromatic heterocycles. The summed E-state index contributed by atoms with van der Waals surface area (Å²) in [6.07, 6.45) is 1.87. The van der Waals surface area contributed by atoms with Crippen LogP contribution in [0.25, 0.3) is 6.08 Å². The van der Waals surface area contributed by atoms with Crippen molar-refractivity contribution in [3.05, 3.63) is 65.4 Å². The minimum atomic E-state index is -0.0260. The van der Waals surface area contributed by atoms with Crippen molar-refractivity contribution < 1.29 is 9.53 Å². The van der Waals surface area contributed by atoms with Gasteiger partial charge in [-0.1, -0.05) is 29.3 Å². The van der Waals surface area contributed by atoms with Gasteiger partial charge in [0.15, 0.2) is 5.17 Å². The molecule has 1 amide bonds. The standard InChI is InChI=1S/C21H18Br2Cl2N2O2S/c1-3-26-21-27(4-2)20(28)18(30-21)10-13-7-14(22)19(15(23)8-13)29-11-12-5-6-16(24)17(25)9-12/h5-10H,3-4,11H2,1-2H3/b18-10+,26-21?. The molecule has 158 valence electrons. The fourth-order valence-electron chi connectivity index (χ4n) is 2.78. The lowest BCUT2D eigenvalue weighted by molar-refractivity contribution is -0.122. The van der Waals surface area contributed by atoms with Crippen LogP contribution in [-0.2, 0) is 11.4 Å². The first-order chi connectivity index (χ1) is 14.3.